The van der Waals surface area contributed by atoms with Crippen molar-refractivity contribution in [3.05, 3.63) is 65.9 Å². The fourth-order valence-electron chi connectivity index (χ4n) is 9.14. The predicted octanol–water partition coefficient (Wildman–Crippen LogP) is 7.25. The van der Waals surface area contributed by atoms with Crippen LogP contribution in [0.25, 0.3) is 44.2 Å². The van der Waals surface area contributed by atoms with Crippen LogP contribution in [0.3, 0.4) is 0 Å². The predicted molar refractivity (Wildman–Crippen MR) is 226 cm³/mol. The van der Waals surface area contributed by atoms with Crippen LogP contribution in [0.2, 0.25) is 0 Å². The average Bonchev–Trinajstić information content (AvgIpc) is 4.05. The van der Waals surface area contributed by atoms with Gasteiger partial charge < -0.3 is 44.6 Å². The smallest absolute Gasteiger partial charge is 0.407 e. The molecule has 15 heteroatoms. The van der Waals surface area contributed by atoms with Gasteiger partial charge in [-0.15, -0.1) is 0 Å². The monoisotopic (exact) mass is 818 g/mol. The van der Waals surface area contributed by atoms with Gasteiger partial charge in [0.25, 0.3) is 0 Å². The van der Waals surface area contributed by atoms with Gasteiger partial charge in [-0.1, -0.05) is 59.7 Å². The SMILES string of the molecule is COC(=O)NC(C(=O)N1C[C@@H](C)C[C@H]1c1ncc(-c2ccc3c(c2)COc2cc4c(ccc5nc([C@@H]6C[C@H](C)CN6C(=O)[C@@H](NC(=O)OC)C(C)C)[nH]c54)cc2-3)[nH]1)C(C)C. The maximum absolute atomic E-state index is 13.9. The Labute approximate surface area is 348 Å². The number of amides is 4. The Hall–Kier alpha value is -6.12. The molecule has 2 aromatic heterocycles. The van der Waals surface area contributed by atoms with Crippen LogP contribution in [0.5, 0.6) is 5.75 Å². The van der Waals surface area contributed by atoms with Crippen molar-refractivity contribution in [1.82, 2.24) is 40.4 Å². The van der Waals surface area contributed by atoms with Crippen molar-refractivity contribution in [2.75, 3.05) is 27.3 Å². The molecule has 4 amide bonds. The molecular formula is C45H54N8O7. The van der Waals surface area contributed by atoms with E-state index in [2.05, 4.69) is 70.8 Å². The first kappa shape index (κ1) is 40.7. The molecule has 5 aromatic rings. The molecule has 6 atom stereocenters. The van der Waals surface area contributed by atoms with E-state index in [9.17, 15) is 19.2 Å². The molecule has 2 saturated heterocycles. The summed E-state index contributed by atoms with van der Waals surface area (Å²) in [7, 11) is 2.59. The largest absolute Gasteiger partial charge is 0.488 e. The summed E-state index contributed by atoms with van der Waals surface area (Å²) in [4.78, 5) is 72.4. The van der Waals surface area contributed by atoms with Gasteiger partial charge in [0.1, 0.15) is 36.1 Å². The first-order chi connectivity index (χ1) is 28.7. The number of carbonyl (C=O) groups is 4. The minimum Gasteiger partial charge on any atom is -0.488 e. The highest BCUT2D eigenvalue weighted by molar-refractivity contribution is 6.07. The highest BCUT2D eigenvalue weighted by Crippen LogP contribution is 2.44. The normalized spacial score (nSPS) is 20.8. The van der Waals surface area contributed by atoms with E-state index in [1.54, 1.807) is 0 Å². The topological polar surface area (TPSA) is 184 Å². The molecule has 15 nitrogen and oxygen atoms in total. The molecule has 0 bridgehead atoms. The Morgan fingerprint density at radius 3 is 2.00 bits per heavy atom. The number of ether oxygens (including phenoxy) is 3. The number of imidazole rings is 2. The molecule has 3 aliphatic rings. The number of fused-ring (bicyclic) bond motifs is 6. The molecule has 5 heterocycles. The van der Waals surface area contributed by atoms with Gasteiger partial charge in [0.2, 0.25) is 11.8 Å². The zero-order valence-electron chi connectivity index (χ0n) is 35.4. The van der Waals surface area contributed by atoms with Gasteiger partial charge >= 0.3 is 12.2 Å². The Balaban J connectivity index is 1.04. The van der Waals surface area contributed by atoms with Crippen molar-refractivity contribution in [3.8, 4) is 28.1 Å². The van der Waals surface area contributed by atoms with Gasteiger partial charge in [0.05, 0.1) is 49.2 Å². The highest BCUT2D eigenvalue weighted by Gasteiger charge is 2.42. The summed E-state index contributed by atoms with van der Waals surface area (Å²) in [6.07, 6.45) is 2.05. The van der Waals surface area contributed by atoms with Gasteiger partial charge in [-0.05, 0) is 82.9 Å². The van der Waals surface area contributed by atoms with Crippen LogP contribution >= 0.6 is 0 Å². The van der Waals surface area contributed by atoms with Crippen LogP contribution in [0.4, 0.5) is 9.59 Å². The van der Waals surface area contributed by atoms with Crippen molar-refractivity contribution >= 4 is 45.8 Å². The van der Waals surface area contributed by atoms with Crippen molar-refractivity contribution in [2.45, 2.75) is 85.2 Å². The number of nitrogens with one attached hydrogen (secondary N) is 4. The molecule has 1 unspecified atom stereocenters. The summed E-state index contributed by atoms with van der Waals surface area (Å²) < 4.78 is 16.0. The summed E-state index contributed by atoms with van der Waals surface area (Å²) in [5, 5.41) is 7.45. The number of hydrogen-bond donors (Lipinski definition) is 4. The van der Waals surface area contributed by atoms with Crippen molar-refractivity contribution in [3.63, 3.8) is 0 Å². The van der Waals surface area contributed by atoms with Crippen LogP contribution in [0, 0.1) is 23.7 Å². The van der Waals surface area contributed by atoms with E-state index in [0.29, 0.717) is 31.3 Å². The van der Waals surface area contributed by atoms with Crippen LogP contribution in [-0.4, -0.2) is 93.1 Å². The number of H-pyrrole nitrogens is 2. The van der Waals surface area contributed by atoms with Crippen LogP contribution in [-0.2, 0) is 25.7 Å². The summed E-state index contributed by atoms with van der Waals surface area (Å²) in [5.74, 6) is 2.15. The number of likely N-dealkylation sites (tertiary alicyclic amines) is 2. The lowest BCUT2D eigenvalue weighted by atomic mass is 9.92. The summed E-state index contributed by atoms with van der Waals surface area (Å²) in [5.41, 5.74) is 6.59. The maximum atomic E-state index is 13.9. The van der Waals surface area contributed by atoms with Crippen molar-refractivity contribution in [2.24, 2.45) is 23.7 Å². The molecule has 0 radical (unpaired) electrons. The van der Waals surface area contributed by atoms with Crippen LogP contribution in [0.15, 0.2) is 48.7 Å². The Morgan fingerprint density at radius 1 is 0.783 bits per heavy atom. The molecule has 0 aliphatic carbocycles. The second-order valence-corrected chi connectivity index (χ2v) is 17.4. The van der Waals surface area contributed by atoms with E-state index in [1.807, 2.05) is 49.8 Å². The lowest BCUT2D eigenvalue weighted by molar-refractivity contribution is -0.136. The van der Waals surface area contributed by atoms with Gasteiger partial charge in [-0.25, -0.2) is 19.6 Å². The molecular weight excluding hydrogens is 765 g/mol. The van der Waals surface area contributed by atoms with Gasteiger partial charge in [-0.2, -0.15) is 0 Å². The van der Waals surface area contributed by atoms with E-state index < -0.39 is 24.3 Å². The molecule has 0 saturated carbocycles. The van der Waals surface area contributed by atoms with E-state index >= 15 is 0 Å². The quantitative estimate of drug-likeness (QED) is 0.119. The Morgan fingerprint density at radius 2 is 1.40 bits per heavy atom. The molecule has 0 spiro atoms. The second kappa shape index (κ2) is 16.1. The Kier molecular flexibility index (Phi) is 10.9. The molecule has 3 aliphatic heterocycles. The molecule has 2 fully saturated rings. The molecule has 316 valence electrons. The molecule has 8 rings (SSSR count). The minimum absolute atomic E-state index is 0.126. The van der Waals surface area contributed by atoms with Gasteiger partial charge in [0.15, 0.2) is 0 Å². The number of rotatable bonds is 9. The third-order valence-electron chi connectivity index (χ3n) is 12.3. The van der Waals surface area contributed by atoms with Crippen LogP contribution < -0.4 is 15.4 Å². The number of nitrogens with zero attached hydrogens (tertiary/aromatic N) is 4. The second-order valence-electron chi connectivity index (χ2n) is 17.4. The number of hydrogen-bond acceptors (Lipinski definition) is 9. The standard InChI is InChI=1S/C45H54N8O7/c1-22(2)37(50-44(56)58-7)42(54)52-19-24(5)13-34(52)40-46-18-33(48-40)27-9-11-29-28(15-27)21-60-36-17-30-26(16-31(29)36)10-12-32-39(30)49-41(47-32)35-14-25(6)20-53(35)43(55)38(23(3)4)51-45(57)59-8/h9-12,15-18,22-25,34-35,37-38H,13-14,19-21H2,1-8H3,(H,46,48)(H,47,49)(H,50,56)(H,51,57)/t24-,25-,34-,35-,37?,38-/m0/s1. The molecule has 3 aromatic carbocycles. The van der Waals surface area contributed by atoms with Crippen molar-refractivity contribution < 1.29 is 33.4 Å². The number of carbonyl (C=O) groups excluding carboxylic acids is 4. The summed E-state index contributed by atoms with van der Waals surface area (Å²) in [6, 6.07) is 12.7. The molecule has 60 heavy (non-hydrogen) atoms. The fourth-order valence-corrected chi connectivity index (χ4v) is 9.14. The lowest BCUT2D eigenvalue weighted by Gasteiger charge is -2.30. The number of aromatic amines is 2. The number of benzene rings is 3. The van der Waals surface area contributed by atoms with Gasteiger partial charge in [-0.3, -0.25) is 9.59 Å². The van der Waals surface area contributed by atoms with E-state index in [4.69, 9.17) is 24.2 Å². The average molecular weight is 819 g/mol. The van der Waals surface area contributed by atoms with E-state index in [1.165, 1.54) is 14.2 Å². The third-order valence-corrected chi connectivity index (χ3v) is 12.3. The van der Waals surface area contributed by atoms with E-state index in [-0.39, 0.29) is 47.6 Å². The first-order valence-corrected chi connectivity index (χ1v) is 20.8. The fraction of sp³-hybridized carbons (Fsp3) is 0.467. The number of methoxy groups -OCH3 is 2. The van der Waals surface area contributed by atoms with Gasteiger partial charge in [0, 0.05) is 24.0 Å². The van der Waals surface area contributed by atoms with E-state index in [0.717, 1.165) is 68.3 Å². The third kappa shape index (κ3) is 7.49. The summed E-state index contributed by atoms with van der Waals surface area (Å²) >= 11 is 0. The zero-order chi connectivity index (χ0) is 42.6. The Bertz CT molecular complexity index is 2470. The molecule has 4 N–H and O–H groups in total. The highest BCUT2D eigenvalue weighted by atomic mass is 16.5. The summed E-state index contributed by atoms with van der Waals surface area (Å²) in [6.45, 7) is 13.4. The van der Waals surface area contributed by atoms with Crippen molar-refractivity contribution in [1.29, 1.82) is 0 Å². The maximum Gasteiger partial charge on any atom is 0.407 e. The lowest BCUT2D eigenvalue weighted by Crippen LogP contribution is -2.51. The number of aromatic nitrogens is 4. The zero-order valence-corrected chi connectivity index (χ0v) is 35.4. The van der Waals surface area contributed by atoms with Crippen LogP contribution in [0.1, 0.15) is 83.7 Å². The minimum atomic E-state index is -0.721. The number of alkyl carbamates (subject to hydrolysis) is 2. The first-order valence-electron chi connectivity index (χ1n) is 20.8.